The SMILES string of the molecule is Cl.N#Cc1ccc(N2CCN(CCCCc3c[nH]c4ccc(C#N)cc34)CC2)cc1. The summed E-state index contributed by atoms with van der Waals surface area (Å²) in [6, 6.07) is 18.1. The van der Waals surface area contributed by atoms with E-state index in [4.69, 9.17) is 10.5 Å². The van der Waals surface area contributed by atoms with Crippen LogP contribution in [0.2, 0.25) is 0 Å². The number of aromatic nitrogens is 1. The molecule has 0 saturated carbocycles. The number of benzene rings is 2. The van der Waals surface area contributed by atoms with Crippen LogP contribution in [-0.4, -0.2) is 42.6 Å². The second kappa shape index (κ2) is 10.2. The Kier molecular flexibility index (Phi) is 7.36. The van der Waals surface area contributed by atoms with Gasteiger partial charge in [-0.3, -0.25) is 4.90 Å². The molecule has 1 fully saturated rings. The predicted octanol–water partition coefficient (Wildman–Crippen LogP) is 4.48. The lowest BCUT2D eigenvalue weighted by atomic mass is 10.1. The number of unbranched alkanes of at least 4 members (excludes halogenated alkanes) is 1. The van der Waals surface area contributed by atoms with E-state index in [9.17, 15) is 0 Å². The van der Waals surface area contributed by atoms with Crippen molar-refractivity contribution in [3.8, 4) is 12.1 Å². The average Bonchev–Trinajstić information content (AvgIpc) is 3.19. The van der Waals surface area contributed by atoms with Gasteiger partial charge in [0.1, 0.15) is 0 Å². The van der Waals surface area contributed by atoms with Crippen molar-refractivity contribution in [1.29, 1.82) is 10.5 Å². The summed E-state index contributed by atoms with van der Waals surface area (Å²) < 4.78 is 0. The zero-order valence-electron chi connectivity index (χ0n) is 17.0. The number of halogens is 1. The van der Waals surface area contributed by atoms with Gasteiger partial charge in [-0.05, 0) is 73.8 Å². The summed E-state index contributed by atoms with van der Waals surface area (Å²) in [5, 5.41) is 19.2. The van der Waals surface area contributed by atoms with Gasteiger partial charge in [-0.2, -0.15) is 10.5 Å². The zero-order valence-corrected chi connectivity index (χ0v) is 17.8. The highest BCUT2D eigenvalue weighted by Gasteiger charge is 2.16. The van der Waals surface area contributed by atoms with E-state index >= 15 is 0 Å². The molecule has 3 aromatic rings. The van der Waals surface area contributed by atoms with E-state index in [0.29, 0.717) is 5.56 Å². The molecular formula is C24H26ClN5. The van der Waals surface area contributed by atoms with Gasteiger partial charge in [-0.25, -0.2) is 0 Å². The number of nitriles is 2. The van der Waals surface area contributed by atoms with Crippen molar-refractivity contribution in [2.45, 2.75) is 19.3 Å². The molecular weight excluding hydrogens is 394 g/mol. The van der Waals surface area contributed by atoms with Crippen molar-refractivity contribution >= 4 is 29.0 Å². The van der Waals surface area contributed by atoms with Gasteiger partial charge in [0.15, 0.2) is 0 Å². The van der Waals surface area contributed by atoms with Crippen molar-refractivity contribution in [1.82, 2.24) is 9.88 Å². The van der Waals surface area contributed by atoms with Crippen LogP contribution in [0.25, 0.3) is 10.9 Å². The van der Waals surface area contributed by atoms with Crippen LogP contribution in [-0.2, 0) is 6.42 Å². The maximum absolute atomic E-state index is 9.12. The fraction of sp³-hybridized carbons (Fsp3) is 0.333. The Morgan fingerprint density at radius 3 is 2.27 bits per heavy atom. The zero-order chi connectivity index (χ0) is 20.1. The van der Waals surface area contributed by atoms with Crippen LogP contribution in [0.15, 0.2) is 48.7 Å². The molecule has 1 aliphatic rings. The van der Waals surface area contributed by atoms with Gasteiger partial charge in [-0.1, -0.05) is 0 Å². The van der Waals surface area contributed by atoms with Gasteiger partial charge in [-0.15, -0.1) is 12.4 Å². The van der Waals surface area contributed by atoms with Crippen LogP contribution in [0, 0.1) is 22.7 Å². The van der Waals surface area contributed by atoms with Crippen LogP contribution in [0.3, 0.4) is 0 Å². The van der Waals surface area contributed by atoms with E-state index in [1.807, 2.05) is 42.5 Å². The topological polar surface area (TPSA) is 69.8 Å². The Bertz CT molecular complexity index is 1050. The fourth-order valence-corrected chi connectivity index (χ4v) is 4.08. The number of hydrogen-bond donors (Lipinski definition) is 1. The van der Waals surface area contributed by atoms with E-state index in [-0.39, 0.29) is 12.4 Å². The maximum atomic E-state index is 9.12. The highest BCUT2D eigenvalue weighted by molar-refractivity contribution is 5.85. The molecule has 1 N–H and O–H groups in total. The van der Waals surface area contributed by atoms with Crippen LogP contribution in [0.4, 0.5) is 5.69 Å². The van der Waals surface area contributed by atoms with E-state index < -0.39 is 0 Å². The van der Waals surface area contributed by atoms with E-state index in [1.165, 1.54) is 23.1 Å². The lowest BCUT2D eigenvalue weighted by molar-refractivity contribution is 0.253. The van der Waals surface area contributed by atoms with Gasteiger partial charge in [0.25, 0.3) is 0 Å². The summed E-state index contributed by atoms with van der Waals surface area (Å²) in [4.78, 5) is 8.26. The number of fused-ring (bicyclic) bond motifs is 1. The third-order valence-electron chi connectivity index (χ3n) is 5.80. The summed E-state index contributed by atoms with van der Waals surface area (Å²) in [6.07, 6.45) is 5.46. The highest BCUT2D eigenvalue weighted by Crippen LogP contribution is 2.22. The van der Waals surface area contributed by atoms with E-state index in [2.05, 4.69) is 33.1 Å². The molecule has 2 heterocycles. The molecule has 1 aromatic heterocycles. The monoisotopic (exact) mass is 419 g/mol. The molecule has 0 atom stereocenters. The Labute approximate surface area is 183 Å². The van der Waals surface area contributed by atoms with Gasteiger partial charge < -0.3 is 9.88 Å². The molecule has 0 aliphatic carbocycles. The average molecular weight is 420 g/mol. The maximum Gasteiger partial charge on any atom is 0.0991 e. The Hall–Kier alpha value is -2.99. The van der Waals surface area contributed by atoms with Crippen LogP contribution in [0.5, 0.6) is 0 Å². The molecule has 0 spiro atoms. The van der Waals surface area contributed by atoms with Crippen molar-refractivity contribution < 1.29 is 0 Å². The summed E-state index contributed by atoms with van der Waals surface area (Å²) in [5.41, 5.74) is 5.06. The fourth-order valence-electron chi connectivity index (χ4n) is 4.08. The molecule has 0 amide bonds. The Morgan fingerprint density at radius 1 is 0.867 bits per heavy atom. The standard InChI is InChI=1S/C24H25N5.ClH/c25-16-19-4-7-22(8-5-19)29-13-11-28(12-14-29)10-2-1-3-21-18-27-24-9-6-20(17-26)15-23(21)24;/h4-9,15,18,27H,1-3,10-14H2;1H. The number of aryl methyl sites for hydroxylation is 1. The molecule has 30 heavy (non-hydrogen) atoms. The molecule has 1 aliphatic heterocycles. The van der Waals surface area contributed by atoms with Gasteiger partial charge >= 0.3 is 0 Å². The summed E-state index contributed by atoms with van der Waals surface area (Å²) in [6.45, 7) is 5.36. The summed E-state index contributed by atoms with van der Waals surface area (Å²) >= 11 is 0. The quantitative estimate of drug-likeness (QED) is 0.598. The number of nitrogens with one attached hydrogen (secondary N) is 1. The molecule has 0 unspecified atom stereocenters. The molecule has 6 heteroatoms. The second-order valence-corrected chi connectivity index (χ2v) is 7.63. The third-order valence-corrected chi connectivity index (χ3v) is 5.80. The van der Waals surface area contributed by atoms with Gasteiger partial charge in [0.05, 0.1) is 23.3 Å². The number of anilines is 1. The first-order chi connectivity index (χ1) is 14.3. The Balaban J connectivity index is 0.00000256. The van der Waals surface area contributed by atoms with Gasteiger partial charge in [0.2, 0.25) is 0 Å². The minimum atomic E-state index is 0. The lowest BCUT2D eigenvalue weighted by Gasteiger charge is -2.36. The minimum absolute atomic E-state index is 0. The first-order valence-electron chi connectivity index (χ1n) is 10.2. The third kappa shape index (κ3) is 4.94. The summed E-state index contributed by atoms with van der Waals surface area (Å²) in [7, 11) is 0. The molecule has 0 radical (unpaired) electrons. The molecule has 0 bridgehead atoms. The van der Waals surface area contributed by atoms with Crippen molar-refractivity contribution in [3.63, 3.8) is 0 Å². The Morgan fingerprint density at radius 2 is 1.57 bits per heavy atom. The molecule has 2 aromatic carbocycles. The number of H-pyrrole nitrogens is 1. The molecule has 154 valence electrons. The second-order valence-electron chi connectivity index (χ2n) is 7.63. The van der Waals surface area contributed by atoms with Crippen LogP contribution in [0.1, 0.15) is 29.5 Å². The molecule has 5 nitrogen and oxygen atoms in total. The number of aromatic amines is 1. The first kappa shape index (κ1) is 21.7. The highest BCUT2D eigenvalue weighted by atomic mass is 35.5. The number of piperazine rings is 1. The summed E-state index contributed by atoms with van der Waals surface area (Å²) in [5.74, 6) is 0. The van der Waals surface area contributed by atoms with E-state index in [0.717, 1.165) is 56.6 Å². The van der Waals surface area contributed by atoms with E-state index in [1.54, 1.807) is 0 Å². The predicted molar refractivity (Wildman–Crippen MR) is 123 cm³/mol. The lowest BCUT2D eigenvalue weighted by Crippen LogP contribution is -2.46. The van der Waals surface area contributed by atoms with Crippen molar-refractivity contribution in [2.75, 3.05) is 37.6 Å². The molecule has 1 saturated heterocycles. The number of rotatable bonds is 6. The number of nitrogens with zero attached hydrogens (tertiary/aromatic N) is 4. The van der Waals surface area contributed by atoms with Crippen LogP contribution >= 0.6 is 12.4 Å². The van der Waals surface area contributed by atoms with Crippen molar-refractivity contribution in [2.24, 2.45) is 0 Å². The number of hydrogen-bond acceptors (Lipinski definition) is 4. The smallest absolute Gasteiger partial charge is 0.0991 e. The first-order valence-corrected chi connectivity index (χ1v) is 10.2. The minimum Gasteiger partial charge on any atom is -0.369 e. The van der Waals surface area contributed by atoms with Crippen LogP contribution < -0.4 is 4.90 Å². The van der Waals surface area contributed by atoms with Crippen molar-refractivity contribution in [3.05, 3.63) is 65.4 Å². The largest absolute Gasteiger partial charge is 0.369 e. The van der Waals surface area contributed by atoms with Gasteiger partial charge in [0, 0.05) is 49.0 Å². The molecule has 4 rings (SSSR count). The normalized spacial score (nSPS) is 14.1.